The number of benzene rings is 1. The Balaban J connectivity index is 1.87. The van der Waals surface area contributed by atoms with Crippen LogP contribution in [-0.2, 0) is 6.54 Å². The molecule has 1 heterocycles. The normalized spacial score (nSPS) is 14.5. The third-order valence-corrected chi connectivity index (χ3v) is 5.19. The second-order valence-corrected chi connectivity index (χ2v) is 7.18. The Morgan fingerprint density at radius 1 is 1.26 bits per heavy atom. The molecule has 5 nitrogen and oxygen atoms in total. The Morgan fingerprint density at radius 2 is 1.96 bits per heavy atom. The molecule has 1 aliphatic rings. The average molecular weight is 389 g/mol. The summed E-state index contributed by atoms with van der Waals surface area (Å²) in [7, 11) is 1.64. The van der Waals surface area contributed by atoms with E-state index in [2.05, 4.69) is 11.9 Å². The molecule has 6 heteroatoms. The molecule has 0 bridgehead atoms. The van der Waals surface area contributed by atoms with Gasteiger partial charge in [-0.25, -0.2) is 4.98 Å². The minimum Gasteiger partial charge on any atom is -0.497 e. The van der Waals surface area contributed by atoms with Gasteiger partial charge in [0.1, 0.15) is 5.75 Å². The van der Waals surface area contributed by atoms with Crippen LogP contribution in [0.2, 0.25) is 5.02 Å². The second-order valence-electron chi connectivity index (χ2n) is 6.77. The Labute approximate surface area is 165 Å². The van der Waals surface area contributed by atoms with Crippen molar-refractivity contribution in [1.82, 2.24) is 9.88 Å². The van der Waals surface area contributed by atoms with Gasteiger partial charge in [0, 0.05) is 18.7 Å². The first-order chi connectivity index (χ1) is 13.0. The van der Waals surface area contributed by atoms with E-state index in [0.29, 0.717) is 30.0 Å². The molecule has 27 heavy (non-hydrogen) atoms. The molecular formula is C21H25ClN2O3. The number of ether oxygens (including phenoxy) is 2. The number of rotatable bonds is 8. The zero-order valence-electron chi connectivity index (χ0n) is 15.9. The maximum atomic E-state index is 13.3. The smallest absolute Gasteiger partial charge is 0.274 e. The lowest BCUT2D eigenvalue weighted by molar-refractivity contribution is 0.0647. The minimum absolute atomic E-state index is 0.119. The van der Waals surface area contributed by atoms with E-state index in [0.717, 1.165) is 24.2 Å². The van der Waals surface area contributed by atoms with E-state index < -0.39 is 0 Å². The van der Waals surface area contributed by atoms with Gasteiger partial charge in [0.05, 0.1) is 18.7 Å². The van der Waals surface area contributed by atoms with E-state index in [1.54, 1.807) is 19.2 Å². The largest absolute Gasteiger partial charge is 0.497 e. The summed E-state index contributed by atoms with van der Waals surface area (Å²) in [5, 5.41) is 0.339. The minimum atomic E-state index is -0.170. The molecule has 1 atom stereocenters. The summed E-state index contributed by atoms with van der Waals surface area (Å²) in [6, 6.07) is 11.2. The zero-order valence-corrected chi connectivity index (χ0v) is 16.7. The first kappa shape index (κ1) is 19.5. The lowest BCUT2D eigenvalue weighted by Gasteiger charge is -2.29. The van der Waals surface area contributed by atoms with Crippen LogP contribution in [-0.4, -0.2) is 35.5 Å². The molecule has 1 fully saturated rings. The van der Waals surface area contributed by atoms with Crippen LogP contribution >= 0.6 is 11.6 Å². The van der Waals surface area contributed by atoms with E-state index in [1.165, 1.54) is 0 Å². The Morgan fingerprint density at radius 3 is 2.56 bits per heavy atom. The van der Waals surface area contributed by atoms with Crippen LogP contribution in [0.25, 0.3) is 0 Å². The first-order valence-corrected chi connectivity index (χ1v) is 9.64. The summed E-state index contributed by atoms with van der Waals surface area (Å²) in [6.45, 7) is 4.95. The van der Waals surface area contributed by atoms with Crippen molar-refractivity contribution in [1.29, 1.82) is 0 Å². The molecular weight excluding hydrogens is 364 g/mol. The number of amides is 1. The Bertz CT molecular complexity index is 791. The van der Waals surface area contributed by atoms with Crippen LogP contribution < -0.4 is 9.47 Å². The molecule has 0 N–H and O–H groups in total. The van der Waals surface area contributed by atoms with Crippen LogP contribution in [0.15, 0.2) is 36.4 Å². The van der Waals surface area contributed by atoms with Crippen LogP contribution in [0.3, 0.4) is 0 Å². The van der Waals surface area contributed by atoms with Crippen molar-refractivity contribution in [2.45, 2.75) is 39.3 Å². The second kappa shape index (κ2) is 8.61. The highest BCUT2D eigenvalue weighted by Gasteiger charge is 2.35. The van der Waals surface area contributed by atoms with Crippen LogP contribution in [0.4, 0.5) is 0 Å². The van der Waals surface area contributed by atoms with E-state index in [1.807, 2.05) is 36.1 Å². The number of hydrogen-bond donors (Lipinski definition) is 0. The first-order valence-electron chi connectivity index (χ1n) is 9.26. The molecule has 144 valence electrons. The van der Waals surface area contributed by atoms with E-state index in [4.69, 9.17) is 21.1 Å². The number of carbonyl (C=O) groups excluding carboxylic acids is 1. The third-order valence-electron chi connectivity index (χ3n) is 4.88. The maximum absolute atomic E-state index is 13.3. The molecule has 1 aromatic carbocycles. The number of carbonyl (C=O) groups is 1. The van der Waals surface area contributed by atoms with Crippen molar-refractivity contribution in [2.24, 2.45) is 5.92 Å². The van der Waals surface area contributed by atoms with Gasteiger partial charge >= 0.3 is 0 Å². The molecule has 0 radical (unpaired) electrons. The fraction of sp³-hybridized carbons (Fsp3) is 0.429. The van der Waals surface area contributed by atoms with Gasteiger partial charge in [-0.2, -0.15) is 0 Å². The standard InChI is InChI=1S/C21H25ClN2O3/c1-4-27-19-12-11-18(22)20(23-19)21(25)24(14(2)16-7-8-16)13-15-5-9-17(26-3)10-6-15/h5-6,9-12,14,16H,4,7-8,13H2,1-3H3. The van der Waals surface area contributed by atoms with Crippen molar-refractivity contribution in [3.05, 3.63) is 52.7 Å². The Hall–Kier alpha value is -2.27. The van der Waals surface area contributed by atoms with E-state index in [9.17, 15) is 4.79 Å². The summed E-state index contributed by atoms with van der Waals surface area (Å²) in [6.07, 6.45) is 2.29. The van der Waals surface area contributed by atoms with Crippen LogP contribution in [0.5, 0.6) is 11.6 Å². The fourth-order valence-corrected chi connectivity index (χ4v) is 3.29. The SMILES string of the molecule is CCOc1ccc(Cl)c(C(=O)N(Cc2ccc(OC)cc2)C(C)C2CC2)n1. The predicted molar refractivity (Wildman–Crippen MR) is 105 cm³/mol. The fourth-order valence-electron chi connectivity index (χ4n) is 3.10. The number of nitrogens with zero attached hydrogens (tertiary/aromatic N) is 2. The molecule has 1 aromatic heterocycles. The van der Waals surface area contributed by atoms with Crippen LogP contribution in [0, 0.1) is 5.92 Å². The summed E-state index contributed by atoms with van der Waals surface area (Å²) < 4.78 is 10.7. The van der Waals surface area contributed by atoms with Gasteiger partial charge < -0.3 is 14.4 Å². The highest BCUT2D eigenvalue weighted by atomic mass is 35.5. The van der Waals surface area contributed by atoms with E-state index >= 15 is 0 Å². The molecule has 0 spiro atoms. The highest BCUT2D eigenvalue weighted by Crippen LogP contribution is 2.36. The third kappa shape index (κ3) is 4.72. The number of hydrogen-bond acceptors (Lipinski definition) is 4. The van der Waals surface area contributed by atoms with Crippen molar-refractivity contribution < 1.29 is 14.3 Å². The molecule has 1 unspecified atom stereocenters. The van der Waals surface area contributed by atoms with Crippen molar-refractivity contribution in [3.63, 3.8) is 0 Å². The number of aromatic nitrogens is 1. The monoisotopic (exact) mass is 388 g/mol. The molecule has 0 saturated heterocycles. The topological polar surface area (TPSA) is 51.7 Å². The summed E-state index contributed by atoms with van der Waals surface area (Å²) in [5.41, 5.74) is 1.28. The Kier molecular flexibility index (Phi) is 6.22. The molecule has 0 aliphatic heterocycles. The predicted octanol–water partition coefficient (Wildman–Crippen LogP) is 4.58. The lowest BCUT2D eigenvalue weighted by atomic mass is 10.1. The maximum Gasteiger partial charge on any atom is 0.274 e. The summed E-state index contributed by atoms with van der Waals surface area (Å²) >= 11 is 6.30. The highest BCUT2D eigenvalue weighted by molar-refractivity contribution is 6.33. The number of methoxy groups -OCH3 is 1. The zero-order chi connectivity index (χ0) is 19.4. The van der Waals surface area contributed by atoms with Crippen molar-refractivity contribution in [3.8, 4) is 11.6 Å². The summed E-state index contributed by atoms with van der Waals surface area (Å²) in [4.78, 5) is 19.5. The quantitative estimate of drug-likeness (QED) is 0.664. The van der Waals surface area contributed by atoms with Gasteiger partial charge in [-0.15, -0.1) is 0 Å². The molecule has 3 rings (SSSR count). The molecule has 1 aliphatic carbocycles. The van der Waals surface area contributed by atoms with E-state index in [-0.39, 0.29) is 17.6 Å². The number of halogens is 1. The van der Waals surface area contributed by atoms with Gasteiger partial charge in [0.2, 0.25) is 5.88 Å². The average Bonchev–Trinajstić information content (AvgIpc) is 3.52. The van der Waals surface area contributed by atoms with Crippen molar-refractivity contribution >= 4 is 17.5 Å². The van der Waals surface area contributed by atoms with Gasteiger partial charge in [-0.1, -0.05) is 23.7 Å². The van der Waals surface area contributed by atoms with Gasteiger partial charge in [0.15, 0.2) is 5.69 Å². The van der Waals surface area contributed by atoms with Gasteiger partial charge in [0.25, 0.3) is 5.91 Å². The lowest BCUT2D eigenvalue weighted by Crippen LogP contribution is -2.40. The van der Waals surface area contributed by atoms with Crippen LogP contribution in [0.1, 0.15) is 42.7 Å². The summed E-state index contributed by atoms with van der Waals surface area (Å²) in [5.74, 6) is 1.56. The van der Waals surface area contributed by atoms with Crippen molar-refractivity contribution in [2.75, 3.05) is 13.7 Å². The van der Waals surface area contributed by atoms with Gasteiger partial charge in [-0.05, 0) is 56.4 Å². The number of pyridine rings is 1. The van der Waals surface area contributed by atoms with Gasteiger partial charge in [-0.3, -0.25) is 4.79 Å². The molecule has 1 saturated carbocycles. The molecule has 2 aromatic rings. The molecule has 1 amide bonds.